The Morgan fingerprint density at radius 2 is 2.12 bits per heavy atom. The van der Waals surface area contributed by atoms with Crippen molar-refractivity contribution in [2.45, 2.75) is 6.92 Å². The van der Waals surface area contributed by atoms with Crippen LogP contribution >= 0.6 is 11.3 Å². The van der Waals surface area contributed by atoms with Gasteiger partial charge in [0.1, 0.15) is 15.8 Å². The second-order valence-electron chi connectivity index (χ2n) is 3.52. The molecule has 0 amide bonds. The summed E-state index contributed by atoms with van der Waals surface area (Å²) in [5.41, 5.74) is 0.490. The highest BCUT2D eigenvalue weighted by atomic mass is 32.1. The molecular weight excluding hydrogens is 244 g/mol. The predicted octanol–water partition coefficient (Wildman–Crippen LogP) is 2.94. The molecule has 0 saturated carbocycles. The zero-order chi connectivity index (χ0) is 12.4. The molecule has 0 radical (unpaired) electrons. The largest absolute Gasteiger partial charge is 0.363 e. The number of halogens is 2. The van der Waals surface area contributed by atoms with E-state index in [2.05, 4.69) is 9.97 Å². The Kier molecular flexibility index (Phi) is 3.33. The van der Waals surface area contributed by atoms with E-state index in [9.17, 15) is 8.78 Å². The van der Waals surface area contributed by atoms with Crippen LogP contribution in [0.5, 0.6) is 0 Å². The van der Waals surface area contributed by atoms with E-state index >= 15 is 0 Å². The van der Waals surface area contributed by atoms with Crippen molar-refractivity contribution in [2.24, 2.45) is 0 Å². The van der Waals surface area contributed by atoms with Gasteiger partial charge in [-0.2, -0.15) is 4.39 Å². The molecule has 0 aliphatic heterocycles. The lowest BCUT2D eigenvalue weighted by molar-refractivity contribution is 0.590. The van der Waals surface area contributed by atoms with Crippen LogP contribution in [0.4, 0.5) is 13.8 Å². The predicted molar refractivity (Wildman–Crippen MR) is 64.2 cm³/mol. The van der Waals surface area contributed by atoms with Gasteiger partial charge < -0.3 is 4.90 Å². The molecule has 3 nitrogen and oxygen atoms in total. The molecule has 0 aromatic carbocycles. The maximum Gasteiger partial charge on any atom is 0.248 e. The maximum atomic E-state index is 13.6. The highest BCUT2D eigenvalue weighted by Gasteiger charge is 2.15. The number of aromatic nitrogens is 2. The van der Waals surface area contributed by atoms with Crippen LogP contribution in [0, 0.1) is 11.8 Å². The third kappa shape index (κ3) is 2.41. The van der Waals surface area contributed by atoms with Gasteiger partial charge in [0.05, 0.1) is 6.20 Å². The molecule has 0 aliphatic rings. The second-order valence-corrected chi connectivity index (χ2v) is 4.50. The summed E-state index contributed by atoms with van der Waals surface area (Å²) in [4.78, 5) is 9.27. The Bertz CT molecular complexity index is 527. The number of thiazole rings is 1. The molecule has 0 fully saturated rings. The van der Waals surface area contributed by atoms with Crippen molar-refractivity contribution in [2.75, 3.05) is 18.5 Å². The molecular formula is C11H11F2N3S. The molecule has 0 saturated heterocycles. The normalized spacial score (nSPS) is 10.6. The number of rotatable bonds is 3. The zero-order valence-corrected chi connectivity index (χ0v) is 10.3. The molecule has 17 heavy (non-hydrogen) atoms. The quantitative estimate of drug-likeness (QED) is 0.844. The fourth-order valence-electron chi connectivity index (χ4n) is 1.32. The summed E-state index contributed by atoms with van der Waals surface area (Å²) in [5, 5.41) is 0.886. The van der Waals surface area contributed by atoms with E-state index in [-0.39, 0.29) is 0 Å². The van der Waals surface area contributed by atoms with Crippen LogP contribution in [0.3, 0.4) is 0 Å². The minimum absolute atomic E-state index is 0.435. The van der Waals surface area contributed by atoms with Gasteiger partial charge in [0.25, 0.3) is 0 Å². The fraction of sp³-hybridized carbons (Fsp3) is 0.273. The summed E-state index contributed by atoms with van der Waals surface area (Å²) in [6.07, 6.45) is 2.57. The van der Waals surface area contributed by atoms with E-state index < -0.39 is 11.8 Å². The van der Waals surface area contributed by atoms with Gasteiger partial charge in [-0.15, -0.1) is 0 Å². The Morgan fingerprint density at radius 3 is 2.76 bits per heavy atom. The Labute approximate surface area is 102 Å². The van der Waals surface area contributed by atoms with Crippen LogP contribution in [0.1, 0.15) is 6.92 Å². The van der Waals surface area contributed by atoms with Crippen LogP contribution in [0.2, 0.25) is 0 Å². The lowest BCUT2D eigenvalue weighted by atomic mass is 10.3. The summed E-state index contributed by atoms with van der Waals surface area (Å²) < 4.78 is 26.6. The van der Waals surface area contributed by atoms with Crippen LogP contribution in [0.25, 0.3) is 10.6 Å². The van der Waals surface area contributed by atoms with Crippen LogP contribution in [-0.4, -0.2) is 23.6 Å². The molecule has 90 valence electrons. The molecule has 2 aromatic rings. The van der Waals surface area contributed by atoms with Gasteiger partial charge in [0.15, 0.2) is 0 Å². The Morgan fingerprint density at radius 1 is 1.35 bits per heavy atom. The van der Waals surface area contributed by atoms with E-state index in [0.29, 0.717) is 22.1 Å². The number of hydrogen-bond acceptors (Lipinski definition) is 4. The fourth-order valence-corrected chi connectivity index (χ4v) is 2.28. The molecule has 6 heteroatoms. The lowest BCUT2D eigenvalue weighted by Crippen LogP contribution is -2.15. The third-order valence-electron chi connectivity index (χ3n) is 2.34. The summed E-state index contributed by atoms with van der Waals surface area (Å²) in [5.74, 6) is -0.984. The third-order valence-corrected chi connectivity index (χ3v) is 3.54. The first-order valence-electron chi connectivity index (χ1n) is 5.10. The first-order chi connectivity index (χ1) is 8.11. The van der Waals surface area contributed by atoms with Gasteiger partial charge in [0, 0.05) is 25.4 Å². The minimum Gasteiger partial charge on any atom is -0.363 e. The number of anilines is 1. The van der Waals surface area contributed by atoms with Crippen LogP contribution in [-0.2, 0) is 0 Å². The highest BCUT2D eigenvalue weighted by Crippen LogP contribution is 2.32. The van der Waals surface area contributed by atoms with Crippen LogP contribution < -0.4 is 4.90 Å². The maximum absolute atomic E-state index is 13.6. The summed E-state index contributed by atoms with van der Waals surface area (Å²) in [7, 11) is 1.78. The van der Waals surface area contributed by atoms with E-state index in [1.807, 2.05) is 6.92 Å². The van der Waals surface area contributed by atoms with Gasteiger partial charge in [-0.3, -0.25) is 4.98 Å². The second kappa shape index (κ2) is 4.75. The summed E-state index contributed by atoms with van der Waals surface area (Å²) in [6.45, 7) is 2.60. The molecule has 0 spiro atoms. The molecule has 0 atom stereocenters. The SMILES string of the molecule is CCN(C)c1sc(-c2cncc(F)c2)nc1F. The molecule has 2 heterocycles. The molecule has 0 aliphatic carbocycles. The number of pyridine rings is 1. The standard InChI is InChI=1S/C11H11F2N3S/c1-3-16(2)11-9(13)15-10(17-11)7-4-8(12)6-14-5-7/h4-6H,3H2,1-2H3. The first kappa shape index (κ1) is 11.9. The van der Waals surface area contributed by atoms with Crippen molar-refractivity contribution in [3.8, 4) is 10.6 Å². The highest BCUT2D eigenvalue weighted by molar-refractivity contribution is 7.19. The van der Waals surface area contributed by atoms with Gasteiger partial charge in [-0.25, -0.2) is 9.37 Å². The number of nitrogens with zero attached hydrogens (tertiary/aromatic N) is 3. The molecule has 0 unspecified atom stereocenters. The summed E-state index contributed by atoms with van der Waals surface area (Å²) >= 11 is 1.19. The molecule has 0 bridgehead atoms. The van der Waals surface area contributed by atoms with E-state index in [1.165, 1.54) is 23.6 Å². The lowest BCUT2D eigenvalue weighted by Gasteiger charge is -2.12. The Balaban J connectivity index is 2.41. The molecule has 0 N–H and O–H groups in total. The van der Waals surface area contributed by atoms with Crippen molar-refractivity contribution in [3.05, 3.63) is 30.2 Å². The van der Waals surface area contributed by atoms with Crippen molar-refractivity contribution in [3.63, 3.8) is 0 Å². The van der Waals surface area contributed by atoms with Crippen molar-refractivity contribution < 1.29 is 8.78 Å². The summed E-state index contributed by atoms with van der Waals surface area (Å²) in [6, 6.07) is 1.29. The average Bonchev–Trinajstić information content (AvgIpc) is 2.70. The smallest absolute Gasteiger partial charge is 0.248 e. The van der Waals surface area contributed by atoms with Crippen LogP contribution in [0.15, 0.2) is 18.5 Å². The van der Waals surface area contributed by atoms with E-state index in [4.69, 9.17) is 0 Å². The molecule has 2 rings (SSSR count). The Hall–Kier alpha value is -1.56. The zero-order valence-electron chi connectivity index (χ0n) is 9.44. The van der Waals surface area contributed by atoms with Crippen molar-refractivity contribution in [1.29, 1.82) is 0 Å². The average molecular weight is 255 g/mol. The van der Waals surface area contributed by atoms with Crippen molar-refractivity contribution >= 4 is 16.3 Å². The van der Waals surface area contributed by atoms with Crippen molar-refractivity contribution in [1.82, 2.24) is 9.97 Å². The van der Waals surface area contributed by atoms with Gasteiger partial charge in [-0.1, -0.05) is 11.3 Å². The van der Waals surface area contributed by atoms with E-state index in [1.54, 1.807) is 11.9 Å². The van der Waals surface area contributed by atoms with Gasteiger partial charge >= 0.3 is 0 Å². The molecule has 2 aromatic heterocycles. The monoisotopic (exact) mass is 255 g/mol. The van der Waals surface area contributed by atoms with Gasteiger partial charge in [-0.05, 0) is 13.0 Å². The first-order valence-corrected chi connectivity index (χ1v) is 5.92. The van der Waals surface area contributed by atoms with Gasteiger partial charge in [0.2, 0.25) is 5.95 Å². The minimum atomic E-state index is -0.529. The van der Waals surface area contributed by atoms with E-state index in [0.717, 1.165) is 6.20 Å². The number of hydrogen-bond donors (Lipinski definition) is 0. The topological polar surface area (TPSA) is 29.0 Å².